The molecule has 0 spiro atoms. The topological polar surface area (TPSA) is 24.4 Å². The second-order valence-electron chi connectivity index (χ2n) is 7.95. The van der Waals surface area contributed by atoms with Crippen LogP contribution in [0.3, 0.4) is 0 Å². The van der Waals surface area contributed by atoms with Crippen LogP contribution in [0.15, 0.2) is 27.3 Å². The maximum Gasteiger partial charge on any atom is 0.125 e. The first-order valence-electron chi connectivity index (χ1n) is 8.67. The summed E-state index contributed by atoms with van der Waals surface area (Å²) in [7, 11) is 0. The van der Waals surface area contributed by atoms with Gasteiger partial charge >= 0.3 is 0 Å². The molecule has 0 unspecified atom stereocenters. The molecule has 0 radical (unpaired) electrons. The molecule has 0 aromatic rings. The van der Waals surface area contributed by atoms with Gasteiger partial charge in [0.1, 0.15) is 5.84 Å². The summed E-state index contributed by atoms with van der Waals surface area (Å²) in [4.78, 5) is 5.16. The van der Waals surface area contributed by atoms with Gasteiger partial charge in [0.05, 0.1) is 6.04 Å². The van der Waals surface area contributed by atoms with Crippen LogP contribution in [0.25, 0.3) is 0 Å². The monoisotopic (exact) mass is 286 g/mol. The Balaban J connectivity index is 1.90. The van der Waals surface area contributed by atoms with Crippen molar-refractivity contribution in [2.24, 2.45) is 4.99 Å². The van der Waals surface area contributed by atoms with Crippen molar-refractivity contribution in [3.63, 3.8) is 0 Å². The van der Waals surface area contributed by atoms with Gasteiger partial charge in [-0.15, -0.1) is 0 Å². The lowest BCUT2D eigenvalue weighted by atomic mass is 9.78. The zero-order valence-corrected chi connectivity index (χ0v) is 14.2. The number of aliphatic imine (C=N–C) groups is 1. The molecule has 2 heteroatoms. The molecule has 0 saturated heterocycles. The molecule has 0 atom stereocenters. The fraction of sp³-hybridized carbons (Fsp3) is 0.737. The van der Waals surface area contributed by atoms with E-state index in [4.69, 9.17) is 4.99 Å². The molecule has 0 aromatic carbocycles. The average Bonchev–Trinajstić information content (AvgIpc) is 2.41. The number of nitrogens with zero attached hydrogens (tertiary/aromatic N) is 1. The highest BCUT2D eigenvalue weighted by atomic mass is 15.1. The van der Waals surface area contributed by atoms with Gasteiger partial charge in [0, 0.05) is 5.54 Å². The van der Waals surface area contributed by atoms with E-state index in [2.05, 4.69) is 33.0 Å². The minimum Gasteiger partial charge on any atom is -0.365 e. The Morgan fingerprint density at radius 2 is 1.67 bits per heavy atom. The molecule has 2 aliphatic carbocycles. The number of rotatable bonds is 1. The Labute approximate surface area is 129 Å². The fourth-order valence-corrected chi connectivity index (χ4v) is 4.02. The van der Waals surface area contributed by atoms with Gasteiger partial charge in [-0.1, -0.05) is 36.0 Å². The Morgan fingerprint density at radius 3 is 2.38 bits per heavy atom. The lowest BCUT2D eigenvalue weighted by molar-refractivity contribution is 0.421. The van der Waals surface area contributed by atoms with E-state index in [9.17, 15) is 0 Å². The third-order valence-electron chi connectivity index (χ3n) is 5.36. The van der Waals surface area contributed by atoms with Crippen molar-refractivity contribution in [3.8, 4) is 0 Å². The van der Waals surface area contributed by atoms with E-state index < -0.39 is 0 Å². The van der Waals surface area contributed by atoms with Gasteiger partial charge in [0.25, 0.3) is 0 Å². The van der Waals surface area contributed by atoms with Gasteiger partial charge in [-0.05, 0) is 65.4 Å². The Morgan fingerprint density at radius 1 is 1.00 bits per heavy atom. The summed E-state index contributed by atoms with van der Waals surface area (Å²) in [6.45, 7) is 9.21. The largest absolute Gasteiger partial charge is 0.365 e. The van der Waals surface area contributed by atoms with E-state index in [0.717, 1.165) is 19.3 Å². The minimum atomic E-state index is 0.151. The van der Waals surface area contributed by atoms with Crippen LogP contribution < -0.4 is 5.32 Å². The van der Waals surface area contributed by atoms with E-state index in [-0.39, 0.29) is 5.54 Å². The first-order chi connectivity index (χ1) is 9.94. The van der Waals surface area contributed by atoms with E-state index in [1.54, 1.807) is 16.7 Å². The van der Waals surface area contributed by atoms with E-state index in [0.29, 0.717) is 6.04 Å². The van der Waals surface area contributed by atoms with Gasteiger partial charge in [-0.25, -0.2) is 0 Å². The van der Waals surface area contributed by atoms with Crippen LogP contribution in [0.2, 0.25) is 0 Å². The first kappa shape index (κ1) is 14.9. The maximum atomic E-state index is 5.16. The van der Waals surface area contributed by atoms with Crippen molar-refractivity contribution in [1.82, 2.24) is 5.32 Å². The Hall–Kier alpha value is -1.05. The number of hydrogen-bond donors (Lipinski definition) is 1. The fourth-order valence-electron chi connectivity index (χ4n) is 4.02. The van der Waals surface area contributed by atoms with Crippen molar-refractivity contribution in [2.45, 2.75) is 90.6 Å². The molecule has 0 bridgehead atoms. The second-order valence-corrected chi connectivity index (χ2v) is 7.95. The summed E-state index contributed by atoms with van der Waals surface area (Å²) in [5.41, 5.74) is 6.42. The summed E-state index contributed by atoms with van der Waals surface area (Å²) in [6, 6.07) is 0.552. The predicted molar refractivity (Wildman–Crippen MR) is 90.8 cm³/mol. The number of allylic oxidation sites excluding steroid dienone is 2. The molecule has 0 aromatic heterocycles. The van der Waals surface area contributed by atoms with Crippen LogP contribution in [-0.2, 0) is 0 Å². The quantitative estimate of drug-likeness (QED) is 0.680. The molecule has 1 saturated carbocycles. The zero-order chi connectivity index (χ0) is 15.0. The smallest absolute Gasteiger partial charge is 0.125 e. The van der Waals surface area contributed by atoms with E-state index in [1.807, 2.05) is 0 Å². The van der Waals surface area contributed by atoms with E-state index in [1.165, 1.54) is 43.5 Å². The zero-order valence-electron chi connectivity index (χ0n) is 14.2. The molecule has 1 heterocycles. The minimum absolute atomic E-state index is 0.151. The molecule has 3 rings (SSSR count). The van der Waals surface area contributed by atoms with Crippen LogP contribution in [0.4, 0.5) is 0 Å². The molecular weight excluding hydrogens is 256 g/mol. The molecule has 116 valence electrons. The standard InChI is InChI=1S/C19H30N2/c1-13-10-15-12-19(3,4)21-18(17(15)11-14(13)2)20-16-8-6-5-7-9-16/h16H,5-12H2,1-4H3,(H,20,21). The molecule has 1 N–H and O–H groups in total. The Bertz CT molecular complexity index is 514. The summed E-state index contributed by atoms with van der Waals surface area (Å²) < 4.78 is 0. The molecule has 2 nitrogen and oxygen atoms in total. The molecule has 1 aliphatic heterocycles. The van der Waals surface area contributed by atoms with Crippen LogP contribution in [0, 0.1) is 0 Å². The van der Waals surface area contributed by atoms with Gasteiger partial charge in [-0.2, -0.15) is 0 Å². The van der Waals surface area contributed by atoms with Gasteiger partial charge < -0.3 is 5.32 Å². The third kappa shape index (κ3) is 3.25. The van der Waals surface area contributed by atoms with E-state index >= 15 is 0 Å². The number of hydrogen-bond acceptors (Lipinski definition) is 1. The predicted octanol–water partition coefficient (Wildman–Crippen LogP) is 4.92. The summed E-state index contributed by atoms with van der Waals surface area (Å²) in [5.74, 6) is 1.22. The highest BCUT2D eigenvalue weighted by Crippen LogP contribution is 2.38. The van der Waals surface area contributed by atoms with Crippen LogP contribution >= 0.6 is 0 Å². The normalized spacial score (nSPS) is 28.7. The van der Waals surface area contributed by atoms with Gasteiger partial charge in [0.15, 0.2) is 0 Å². The molecular formula is C19H30N2. The van der Waals surface area contributed by atoms with Crippen molar-refractivity contribution in [1.29, 1.82) is 0 Å². The number of nitrogens with one attached hydrogen (secondary N) is 1. The summed E-state index contributed by atoms with van der Waals surface area (Å²) >= 11 is 0. The average molecular weight is 286 g/mol. The number of amidine groups is 1. The lowest BCUT2D eigenvalue weighted by Gasteiger charge is -2.39. The highest BCUT2D eigenvalue weighted by Gasteiger charge is 2.33. The SMILES string of the molecule is CC1=C(C)CC2=C(C1)CC(C)(C)NC2=NC1CCCCC1. The third-order valence-corrected chi connectivity index (χ3v) is 5.36. The van der Waals surface area contributed by atoms with Gasteiger partial charge in [0.2, 0.25) is 0 Å². The molecule has 21 heavy (non-hydrogen) atoms. The summed E-state index contributed by atoms with van der Waals surface area (Å²) in [6.07, 6.45) is 10.1. The lowest BCUT2D eigenvalue weighted by Crippen LogP contribution is -2.49. The Kier molecular flexibility index (Phi) is 3.98. The van der Waals surface area contributed by atoms with Crippen LogP contribution in [0.1, 0.15) is 79.1 Å². The molecule has 1 fully saturated rings. The maximum absolute atomic E-state index is 5.16. The second kappa shape index (κ2) is 5.62. The molecule has 0 amide bonds. The van der Waals surface area contributed by atoms with Gasteiger partial charge in [-0.3, -0.25) is 4.99 Å². The van der Waals surface area contributed by atoms with Crippen molar-refractivity contribution >= 4 is 5.84 Å². The summed E-state index contributed by atoms with van der Waals surface area (Å²) in [5, 5.41) is 3.74. The van der Waals surface area contributed by atoms with Crippen molar-refractivity contribution < 1.29 is 0 Å². The first-order valence-corrected chi connectivity index (χ1v) is 8.67. The molecule has 3 aliphatic rings. The van der Waals surface area contributed by atoms with Crippen molar-refractivity contribution in [2.75, 3.05) is 0 Å². The van der Waals surface area contributed by atoms with Crippen LogP contribution in [0.5, 0.6) is 0 Å². The van der Waals surface area contributed by atoms with Crippen molar-refractivity contribution in [3.05, 3.63) is 22.3 Å². The highest BCUT2D eigenvalue weighted by molar-refractivity contribution is 6.01. The van der Waals surface area contributed by atoms with Crippen LogP contribution in [-0.4, -0.2) is 17.4 Å².